The van der Waals surface area contributed by atoms with E-state index in [9.17, 15) is 9.59 Å². The molecule has 0 spiro atoms. The summed E-state index contributed by atoms with van der Waals surface area (Å²) in [6.07, 6.45) is 1.60. The summed E-state index contributed by atoms with van der Waals surface area (Å²) in [5.41, 5.74) is 1.97. The van der Waals surface area contributed by atoms with E-state index in [1.165, 1.54) is 0 Å². The standard InChI is InChI=1S/C17H17NO2/c19-13-16(11-14-7-3-1-4-8-14)18-17(20)12-15-9-5-2-6-10-15/h1-10,13,16H,11-12H2,(H,18,20)/t16-/m1/s1. The molecule has 0 unspecified atom stereocenters. The molecule has 20 heavy (non-hydrogen) atoms. The van der Waals surface area contributed by atoms with E-state index in [-0.39, 0.29) is 5.91 Å². The van der Waals surface area contributed by atoms with Crippen LogP contribution in [-0.2, 0) is 22.4 Å². The van der Waals surface area contributed by atoms with Crippen molar-refractivity contribution >= 4 is 12.2 Å². The Labute approximate surface area is 118 Å². The number of carbonyl (C=O) groups is 2. The minimum atomic E-state index is -0.478. The minimum absolute atomic E-state index is 0.135. The Morgan fingerprint density at radius 1 is 0.950 bits per heavy atom. The second-order valence-electron chi connectivity index (χ2n) is 4.66. The predicted octanol–water partition coefficient (Wildman–Crippen LogP) is 2.16. The van der Waals surface area contributed by atoms with Gasteiger partial charge in [0.25, 0.3) is 0 Å². The van der Waals surface area contributed by atoms with Crippen LogP contribution < -0.4 is 5.32 Å². The van der Waals surface area contributed by atoms with E-state index in [1.807, 2.05) is 60.7 Å². The molecule has 0 aliphatic heterocycles. The quantitative estimate of drug-likeness (QED) is 0.815. The summed E-state index contributed by atoms with van der Waals surface area (Å²) in [4.78, 5) is 23.0. The van der Waals surface area contributed by atoms with Crippen LogP contribution in [0, 0.1) is 0 Å². The second kappa shape index (κ2) is 7.24. The van der Waals surface area contributed by atoms with Crippen LogP contribution in [-0.4, -0.2) is 18.2 Å². The van der Waals surface area contributed by atoms with Crippen molar-refractivity contribution in [2.75, 3.05) is 0 Å². The van der Waals surface area contributed by atoms with Crippen molar-refractivity contribution in [3.63, 3.8) is 0 Å². The van der Waals surface area contributed by atoms with Crippen molar-refractivity contribution in [1.82, 2.24) is 5.32 Å². The number of benzene rings is 2. The minimum Gasteiger partial charge on any atom is -0.346 e. The lowest BCUT2D eigenvalue weighted by molar-refractivity contribution is -0.123. The van der Waals surface area contributed by atoms with Gasteiger partial charge in [0.05, 0.1) is 12.5 Å². The van der Waals surface area contributed by atoms with Gasteiger partial charge in [-0.3, -0.25) is 4.79 Å². The van der Waals surface area contributed by atoms with Crippen molar-refractivity contribution in [3.8, 4) is 0 Å². The van der Waals surface area contributed by atoms with Crippen molar-refractivity contribution < 1.29 is 9.59 Å². The molecule has 2 aromatic carbocycles. The Hall–Kier alpha value is -2.42. The molecule has 0 aliphatic rings. The van der Waals surface area contributed by atoms with Gasteiger partial charge in [-0.15, -0.1) is 0 Å². The van der Waals surface area contributed by atoms with Gasteiger partial charge in [0.15, 0.2) is 0 Å². The van der Waals surface area contributed by atoms with Crippen molar-refractivity contribution in [2.45, 2.75) is 18.9 Å². The summed E-state index contributed by atoms with van der Waals surface area (Å²) in [5, 5.41) is 2.76. The molecule has 1 amide bonds. The molecule has 1 atom stereocenters. The molecular weight excluding hydrogens is 250 g/mol. The highest BCUT2D eigenvalue weighted by Crippen LogP contribution is 2.03. The van der Waals surface area contributed by atoms with Gasteiger partial charge >= 0.3 is 0 Å². The lowest BCUT2D eigenvalue weighted by Crippen LogP contribution is -2.38. The van der Waals surface area contributed by atoms with Crippen LogP contribution in [0.15, 0.2) is 60.7 Å². The number of rotatable bonds is 6. The third-order valence-electron chi connectivity index (χ3n) is 3.02. The number of amides is 1. The molecule has 0 saturated carbocycles. The normalized spacial score (nSPS) is 11.6. The summed E-state index contributed by atoms with van der Waals surface area (Å²) in [5.74, 6) is -0.135. The largest absolute Gasteiger partial charge is 0.346 e. The zero-order valence-electron chi connectivity index (χ0n) is 11.2. The van der Waals surface area contributed by atoms with Gasteiger partial charge in [-0.25, -0.2) is 0 Å². The maximum absolute atomic E-state index is 11.9. The average molecular weight is 267 g/mol. The fourth-order valence-corrected chi connectivity index (χ4v) is 2.04. The van der Waals surface area contributed by atoms with E-state index in [1.54, 1.807) is 0 Å². The molecule has 2 aromatic rings. The number of hydrogen-bond donors (Lipinski definition) is 1. The summed E-state index contributed by atoms with van der Waals surface area (Å²) in [7, 11) is 0. The first kappa shape index (κ1) is 14.0. The summed E-state index contributed by atoms with van der Waals surface area (Å²) in [6, 6.07) is 18.7. The molecule has 1 N–H and O–H groups in total. The number of nitrogens with one attached hydrogen (secondary N) is 1. The van der Waals surface area contributed by atoms with Crippen molar-refractivity contribution in [1.29, 1.82) is 0 Å². The van der Waals surface area contributed by atoms with Crippen LogP contribution in [0.25, 0.3) is 0 Å². The molecule has 0 fully saturated rings. The first-order valence-electron chi connectivity index (χ1n) is 6.60. The molecule has 0 saturated heterocycles. The van der Waals surface area contributed by atoms with Gasteiger partial charge in [0.2, 0.25) is 5.91 Å². The smallest absolute Gasteiger partial charge is 0.225 e. The topological polar surface area (TPSA) is 46.2 Å². The highest BCUT2D eigenvalue weighted by atomic mass is 16.2. The SMILES string of the molecule is O=C[C@@H](Cc1ccccc1)NC(=O)Cc1ccccc1. The summed E-state index contributed by atoms with van der Waals surface area (Å²) >= 11 is 0. The van der Waals surface area contributed by atoms with E-state index in [4.69, 9.17) is 0 Å². The third kappa shape index (κ3) is 4.35. The number of aldehydes is 1. The van der Waals surface area contributed by atoms with E-state index >= 15 is 0 Å². The Morgan fingerprint density at radius 2 is 1.50 bits per heavy atom. The highest BCUT2D eigenvalue weighted by Gasteiger charge is 2.12. The Bertz CT molecular complexity index is 552. The fraction of sp³-hybridized carbons (Fsp3) is 0.176. The van der Waals surface area contributed by atoms with Gasteiger partial charge in [-0.05, 0) is 17.5 Å². The van der Waals surface area contributed by atoms with Crippen LogP contribution in [0.4, 0.5) is 0 Å². The third-order valence-corrected chi connectivity index (χ3v) is 3.02. The maximum atomic E-state index is 11.9. The molecular formula is C17H17NO2. The predicted molar refractivity (Wildman–Crippen MR) is 78.3 cm³/mol. The molecule has 0 bridgehead atoms. The molecule has 3 heteroatoms. The van der Waals surface area contributed by atoms with Gasteiger partial charge in [-0.1, -0.05) is 60.7 Å². The maximum Gasteiger partial charge on any atom is 0.225 e. The van der Waals surface area contributed by atoms with E-state index in [0.29, 0.717) is 12.8 Å². The van der Waals surface area contributed by atoms with Crippen LogP contribution in [0.5, 0.6) is 0 Å². The van der Waals surface area contributed by atoms with Gasteiger partial charge in [0, 0.05) is 0 Å². The van der Waals surface area contributed by atoms with E-state index < -0.39 is 6.04 Å². The Balaban J connectivity index is 1.90. The molecule has 102 valence electrons. The monoisotopic (exact) mass is 267 g/mol. The average Bonchev–Trinajstić information content (AvgIpc) is 2.48. The van der Waals surface area contributed by atoms with E-state index in [0.717, 1.165) is 17.4 Å². The van der Waals surface area contributed by atoms with E-state index in [2.05, 4.69) is 5.32 Å². The Morgan fingerprint density at radius 3 is 2.05 bits per heavy atom. The highest BCUT2D eigenvalue weighted by molar-refractivity contribution is 5.81. The van der Waals surface area contributed by atoms with Crippen molar-refractivity contribution in [2.24, 2.45) is 0 Å². The number of hydrogen-bond acceptors (Lipinski definition) is 2. The molecule has 2 rings (SSSR count). The fourth-order valence-electron chi connectivity index (χ4n) is 2.04. The molecule has 0 aromatic heterocycles. The zero-order valence-corrected chi connectivity index (χ0v) is 11.2. The summed E-state index contributed by atoms with van der Waals surface area (Å²) in [6.45, 7) is 0. The molecule has 3 nitrogen and oxygen atoms in total. The van der Waals surface area contributed by atoms with Crippen LogP contribution in [0.1, 0.15) is 11.1 Å². The van der Waals surface area contributed by atoms with Gasteiger partial charge in [0.1, 0.15) is 6.29 Å². The second-order valence-corrected chi connectivity index (χ2v) is 4.66. The molecule has 0 heterocycles. The lowest BCUT2D eigenvalue weighted by Gasteiger charge is -2.13. The van der Waals surface area contributed by atoms with Crippen LogP contribution >= 0.6 is 0 Å². The van der Waals surface area contributed by atoms with Crippen molar-refractivity contribution in [3.05, 3.63) is 71.8 Å². The molecule has 0 radical (unpaired) electrons. The van der Waals surface area contributed by atoms with Gasteiger partial charge < -0.3 is 10.1 Å². The summed E-state index contributed by atoms with van der Waals surface area (Å²) < 4.78 is 0. The number of carbonyl (C=O) groups excluding carboxylic acids is 2. The first-order chi connectivity index (χ1) is 9.78. The lowest BCUT2D eigenvalue weighted by atomic mass is 10.1. The van der Waals surface area contributed by atoms with Gasteiger partial charge in [-0.2, -0.15) is 0 Å². The van der Waals surface area contributed by atoms with Crippen LogP contribution in [0.3, 0.4) is 0 Å². The first-order valence-corrected chi connectivity index (χ1v) is 6.60. The van der Waals surface area contributed by atoms with Crippen LogP contribution in [0.2, 0.25) is 0 Å². The Kier molecular flexibility index (Phi) is 5.07. The zero-order chi connectivity index (χ0) is 14.2. The molecule has 0 aliphatic carbocycles.